The molecule has 0 bridgehead atoms. The van der Waals surface area contributed by atoms with E-state index in [0.717, 1.165) is 11.1 Å². The van der Waals surface area contributed by atoms with Gasteiger partial charge in [-0.2, -0.15) is 0 Å². The number of methoxy groups -OCH3 is 2. The Morgan fingerprint density at radius 2 is 1.18 bits per heavy atom. The Hall–Kier alpha value is -2.39. The molecule has 0 radical (unpaired) electrons. The van der Waals surface area contributed by atoms with Crippen molar-refractivity contribution in [2.24, 2.45) is 0 Å². The van der Waals surface area contributed by atoms with Gasteiger partial charge in [0.1, 0.15) is 17.1 Å². The summed E-state index contributed by atoms with van der Waals surface area (Å²) in [6.45, 7) is 8.96. The zero-order chi connectivity index (χ0) is 21.2. The molecule has 6 heteroatoms. The van der Waals surface area contributed by atoms with Gasteiger partial charge in [0, 0.05) is 11.7 Å². The highest BCUT2D eigenvalue weighted by molar-refractivity contribution is 7.95. The Labute approximate surface area is 166 Å². The van der Waals surface area contributed by atoms with Crippen LogP contribution < -0.4 is 9.47 Å². The van der Waals surface area contributed by atoms with Crippen LogP contribution in [0, 0.1) is 27.7 Å². The highest BCUT2D eigenvalue weighted by Crippen LogP contribution is 2.55. The minimum atomic E-state index is -3.93. The van der Waals surface area contributed by atoms with Crippen LogP contribution >= 0.6 is 7.14 Å². The second-order valence-corrected chi connectivity index (χ2v) is 9.91. The van der Waals surface area contributed by atoms with E-state index in [1.807, 2.05) is 26.0 Å². The monoisotopic (exact) mass is 402 g/mol. The normalized spacial score (nSPS) is 13.0. The van der Waals surface area contributed by atoms with Gasteiger partial charge in [-0.1, -0.05) is 24.6 Å². The molecule has 28 heavy (non-hydrogen) atoms. The van der Waals surface area contributed by atoms with E-state index in [1.165, 1.54) is 14.2 Å². The van der Waals surface area contributed by atoms with Gasteiger partial charge in [0.2, 0.25) is 18.2 Å². The molecule has 0 aliphatic heterocycles. The quantitative estimate of drug-likeness (QED) is 0.588. The van der Waals surface area contributed by atoms with E-state index >= 15 is 0 Å². The van der Waals surface area contributed by atoms with E-state index in [1.54, 1.807) is 32.9 Å². The van der Waals surface area contributed by atoms with Gasteiger partial charge in [-0.15, -0.1) is 0 Å². The molecule has 1 atom stereocenters. The van der Waals surface area contributed by atoms with Crippen LogP contribution in [0.2, 0.25) is 0 Å². The zero-order valence-corrected chi connectivity index (χ0v) is 18.4. The molecule has 0 spiro atoms. The number of rotatable bonds is 7. The van der Waals surface area contributed by atoms with Crippen molar-refractivity contribution >= 4 is 18.2 Å². The lowest BCUT2D eigenvalue weighted by atomic mass is 10.0. The molecule has 1 unspecified atom stereocenters. The molecule has 0 fully saturated rings. The van der Waals surface area contributed by atoms with Gasteiger partial charge in [-0.3, -0.25) is 9.59 Å². The summed E-state index contributed by atoms with van der Waals surface area (Å²) in [6.07, 6.45) is -0.0718. The van der Waals surface area contributed by atoms with Crippen LogP contribution in [0.15, 0.2) is 24.3 Å². The second kappa shape index (κ2) is 8.32. The number of carbonyl (C=O) groups is 2. The van der Waals surface area contributed by atoms with Crippen molar-refractivity contribution in [3.05, 3.63) is 57.6 Å². The minimum absolute atomic E-state index is 0.0524. The molecule has 2 aromatic rings. The maximum Gasteiger partial charge on any atom is 0.236 e. The molecular weight excluding hydrogens is 375 g/mol. The van der Waals surface area contributed by atoms with Gasteiger partial charge >= 0.3 is 0 Å². The van der Waals surface area contributed by atoms with Crippen LogP contribution in [-0.4, -0.2) is 31.4 Å². The topological polar surface area (TPSA) is 69.7 Å². The lowest BCUT2D eigenvalue weighted by Crippen LogP contribution is -2.16. The van der Waals surface area contributed by atoms with Crippen molar-refractivity contribution in [2.75, 3.05) is 20.4 Å². The molecule has 0 N–H and O–H groups in total. The van der Waals surface area contributed by atoms with Gasteiger partial charge in [-0.25, -0.2) is 0 Å². The van der Waals surface area contributed by atoms with Gasteiger partial charge in [0.25, 0.3) is 0 Å². The molecule has 0 heterocycles. The number of benzene rings is 2. The largest absolute Gasteiger partial charge is 0.496 e. The predicted octanol–water partition coefficient (Wildman–Crippen LogP) is 5.30. The Morgan fingerprint density at radius 3 is 1.57 bits per heavy atom. The molecule has 0 saturated carbocycles. The van der Waals surface area contributed by atoms with Crippen LogP contribution in [0.25, 0.3) is 0 Å². The average molecular weight is 402 g/mol. The van der Waals surface area contributed by atoms with E-state index in [2.05, 4.69) is 0 Å². The average Bonchev–Trinajstić information content (AvgIpc) is 2.64. The van der Waals surface area contributed by atoms with Crippen molar-refractivity contribution in [1.29, 1.82) is 0 Å². The molecular formula is C22H27O5P. The minimum Gasteiger partial charge on any atom is -0.496 e. The van der Waals surface area contributed by atoms with Gasteiger partial charge in [-0.05, 0) is 56.5 Å². The van der Waals surface area contributed by atoms with Crippen LogP contribution in [0.4, 0.5) is 0 Å². The summed E-state index contributed by atoms with van der Waals surface area (Å²) in [5.41, 5.74) is 2.33. The smallest absolute Gasteiger partial charge is 0.236 e. The number of hydrogen-bond donors (Lipinski definition) is 0. The first-order chi connectivity index (χ1) is 13.1. The summed E-state index contributed by atoms with van der Waals surface area (Å²) in [7, 11) is -1.07. The zero-order valence-electron chi connectivity index (χ0n) is 17.5. The van der Waals surface area contributed by atoms with Crippen molar-refractivity contribution in [1.82, 2.24) is 0 Å². The van der Waals surface area contributed by atoms with Gasteiger partial charge in [0.15, 0.2) is 0 Å². The molecule has 2 aromatic carbocycles. The lowest BCUT2D eigenvalue weighted by molar-refractivity contribution is 0.103. The van der Waals surface area contributed by atoms with Crippen LogP contribution in [0.5, 0.6) is 11.5 Å². The maximum atomic E-state index is 13.8. The van der Waals surface area contributed by atoms with Crippen LogP contribution in [0.1, 0.15) is 49.9 Å². The van der Waals surface area contributed by atoms with Crippen molar-refractivity contribution in [3.63, 3.8) is 0 Å². The Balaban J connectivity index is 2.70. The Bertz CT molecular complexity index is 942. The first-order valence-corrected chi connectivity index (χ1v) is 11.0. The van der Waals surface area contributed by atoms with Crippen molar-refractivity contribution in [3.8, 4) is 11.5 Å². The van der Waals surface area contributed by atoms with Crippen molar-refractivity contribution < 1.29 is 23.6 Å². The van der Waals surface area contributed by atoms with Crippen molar-refractivity contribution in [2.45, 2.75) is 34.6 Å². The summed E-state index contributed by atoms with van der Waals surface area (Å²) in [5, 5.41) is 0. The standard InChI is InChI=1S/C22H27O5P/c1-8-28(25,21(23)19-15(4)9-13(2)10-16(19)5)22(24)20-17(26-6)11-14(3)12-18(20)27-7/h9-12H,8H2,1-7H3. The fraction of sp³-hybridized carbons (Fsp3) is 0.364. The molecule has 0 aliphatic rings. The highest BCUT2D eigenvalue weighted by Gasteiger charge is 2.43. The Kier molecular flexibility index (Phi) is 6.51. The number of aryl methyl sites for hydroxylation is 4. The van der Waals surface area contributed by atoms with E-state index < -0.39 is 18.2 Å². The van der Waals surface area contributed by atoms with E-state index in [4.69, 9.17) is 9.47 Å². The molecule has 0 aliphatic carbocycles. The van der Waals surface area contributed by atoms with E-state index in [9.17, 15) is 14.2 Å². The third kappa shape index (κ3) is 3.77. The van der Waals surface area contributed by atoms with Crippen LogP contribution in [-0.2, 0) is 4.57 Å². The van der Waals surface area contributed by atoms with E-state index in [-0.39, 0.29) is 23.2 Å². The fourth-order valence-electron chi connectivity index (χ4n) is 3.51. The number of carbonyl (C=O) groups excluding carboxylic acids is 2. The number of ether oxygens (including phenoxy) is 2. The molecule has 2 rings (SSSR count). The number of hydrogen-bond acceptors (Lipinski definition) is 5. The lowest BCUT2D eigenvalue weighted by Gasteiger charge is -2.20. The summed E-state index contributed by atoms with van der Waals surface area (Å²) < 4.78 is 24.5. The van der Waals surface area contributed by atoms with Crippen LogP contribution in [0.3, 0.4) is 0 Å². The summed E-state index contributed by atoms with van der Waals surface area (Å²) in [6, 6.07) is 7.06. The first-order valence-electron chi connectivity index (χ1n) is 9.10. The van der Waals surface area contributed by atoms with E-state index in [0.29, 0.717) is 16.7 Å². The molecule has 150 valence electrons. The fourth-order valence-corrected chi connectivity index (χ4v) is 5.57. The second-order valence-electron chi connectivity index (χ2n) is 6.98. The predicted molar refractivity (Wildman–Crippen MR) is 112 cm³/mol. The summed E-state index contributed by atoms with van der Waals surface area (Å²) >= 11 is 0. The SMILES string of the molecule is CCP(=O)(C(=O)c1c(C)cc(C)cc1C)C(=O)c1c(OC)cc(C)cc1OC. The third-order valence-electron chi connectivity index (χ3n) is 4.86. The molecule has 5 nitrogen and oxygen atoms in total. The molecule has 0 saturated heterocycles. The first kappa shape index (κ1) is 21.9. The Morgan fingerprint density at radius 1 is 0.786 bits per heavy atom. The molecule has 0 amide bonds. The maximum absolute atomic E-state index is 13.8. The van der Waals surface area contributed by atoms with Gasteiger partial charge in [0.05, 0.1) is 14.2 Å². The third-order valence-corrected chi connectivity index (χ3v) is 7.51. The highest BCUT2D eigenvalue weighted by atomic mass is 31.2. The molecule has 0 aromatic heterocycles. The summed E-state index contributed by atoms with van der Waals surface area (Å²) in [4.78, 5) is 26.8. The van der Waals surface area contributed by atoms with Gasteiger partial charge < -0.3 is 14.0 Å². The summed E-state index contributed by atoms with van der Waals surface area (Å²) in [5.74, 6) is 0.501.